The third-order valence-electron chi connectivity index (χ3n) is 4.62. The van der Waals surface area contributed by atoms with Gasteiger partial charge in [-0.2, -0.15) is 0 Å². The van der Waals surface area contributed by atoms with Crippen LogP contribution in [0.5, 0.6) is 5.75 Å². The summed E-state index contributed by atoms with van der Waals surface area (Å²) in [5.74, 6) is -1.04. The SMILES string of the molecule is COc1cc(NC(=O)N2CCN(C(=O)Cc3ccccc3F)CC2)ccc1F. The summed E-state index contributed by atoms with van der Waals surface area (Å²) in [7, 11) is 1.35. The quantitative estimate of drug-likeness (QED) is 0.875. The number of amides is 3. The summed E-state index contributed by atoms with van der Waals surface area (Å²) in [6.07, 6.45) is -0.00571. The molecule has 2 aromatic carbocycles. The van der Waals surface area contributed by atoms with Crippen LogP contribution in [0, 0.1) is 11.6 Å². The highest BCUT2D eigenvalue weighted by Crippen LogP contribution is 2.22. The number of ether oxygens (including phenoxy) is 1. The van der Waals surface area contributed by atoms with Crippen molar-refractivity contribution in [3.63, 3.8) is 0 Å². The van der Waals surface area contributed by atoms with Crippen molar-refractivity contribution in [2.75, 3.05) is 38.6 Å². The van der Waals surface area contributed by atoms with E-state index in [0.29, 0.717) is 37.4 Å². The fourth-order valence-electron chi connectivity index (χ4n) is 3.02. The molecule has 0 unspecified atom stereocenters. The lowest BCUT2D eigenvalue weighted by atomic mass is 10.1. The van der Waals surface area contributed by atoms with Crippen LogP contribution in [0.1, 0.15) is 5.56 Å². The van der Waals surface area contributed by atoms with Crippen LogP contribution in [-0.2, 0) is 11.2 Å². The number of carbonyl (C=O) groups excluding carboxylic acids is 2. The van der Waals surface area contributed by atoms with Crippen molar-refractivity contribution in [3.05, 3.63) is 59.7 Å². The highest BCUT2D eigenvalue weighted by Gasteiger charge is 2.24. The predicted octanol–water partition coefficient (Wildman–Crippen LogP) is 2.89. The molecule has 0 saturated carbocycles. The van der Waals surface area contributed by atoms with E-state index in [2.05, 4.69) is 5.32 Å². The van der Waals surface area contributed by atoms with E-state index in [0.717, 1.165) is 0 Å². The monoisotopic (exact) mass is 389 g/mol. The number of halogens is 2. The Morgan fingerprint density at radius 2 is 1.68 bits per heavy atom. The second-order valence-corrected chi connectivity index (χ2v) is 6.42. The molecule has 1 aliphatic heterocycles. The van der Waals surface area contributed by atoms with Gasteiger partial charge in [0.2, 0.25) is 5.91 Å². The summed E-state index contributed by atoms with van der Waals surface area (Å²) in [6.45, 7) is 1.45. The van der Waals surface area contributed by atoms with Gasteiger partial charge in [0.05, 0.1) is 13.5 Å². The van der Waals surface area contributed by atoms with E-state index in [1.54, 1.807) is 28.0 Å². The molecular weight excluding hydrogens is 368 g/mol. The number of methoxy groups -OCH3 is 1. The summed E-state index contributed by atoms with van der Waals surface area (Å²) in [6, 6.07) is 9.92. The van der Waals surface area contributed by atoms with E-state index in [-0.39, 0.29) is 24.1 Å². The molecule has 0 atom stereocenters. The maximum absolute atomic E-state index is 13.7. The van der Waals surface area contributed by atoms with Gasteiger partial charge in [0, 0.05) is 37.9 Å². The minimum atomic E-state index is -0.512. The van der Waals surface area contributed by atoms with Gasteiger partial charge in [0.1, 0.15) is 5.82 Å². The Kier molecular flexibility index (Phi) is 6.08. The lowest BCUT2D eigenvalue weighted by Gasteiger charge is -2.34. The van der Waals surface area contributed by atoms with Crippen molar-refractivity contribution in [1.82, 2.24) is 9.80 Å². The average molecular weight is 389 g/mol. The number of benzene rings is 2. The molecule has 1 saturated heterocycles. The zero-order valence-corrected chi connectivity index (χ0v) is 15.5. The summed E-state index contributed by atoms with van der Waals surface area (Å²) >= 11 is 0. The van der Waals surface area contributed by atoms with E-state index >= 15 is 0 Å². The van der Waals surface area contributed by atoms with Crippen LogP contribution < -0.4 is 10.1 Å². The zero-order valence-electron chi connectivity index (χ0n) is 15.5. The summed E-state index contributed by atoms with van der Waals surface area (Å²) in [5, 5.41) is 2.69. The van der Waals surface area contributed by atoms with Crippen molar-refractivity contribution < 1.29 is 23.1 Å². The first-order valence-electron chi connectivity index (χ1n) is 8.88. The smallest absolute Gasteiger partial charge is 0.321 e. The molecule has 1 fully saturated rings. The summed E-state index contributed by atoms with van der Waals surface area (Å²) in [4.78, 5) is 28.0. The average Bonchev–Trinajstić information content (AvgIpc) is 2.71. The second-order valence-electron chi connectivity index (χ2n) is 6.42. The van der Waals surface area contributed by atoms with Gasteiger partial charge >= 0.3 is 6.03 Å². The molecule has 3 amide bonds. The van der Waals surface area contributed by atoms with Crippen LogP contribution in [0.4, 0.5) is 19.3 Å². The molecule has 148 valence electrons. The fraction of sp³-hybridized carbons (Fsp3) is 0.300. The van der Waals surface area contributed by atoms with Crippen molar-refractivity contribution in [1.29, 1.82) is 0 Å². The maximum Gasteiger partial charge on any atom is 0.321 e. The first kappa shape index (κ1) is 19.6. The van der Waals surface area contributed by atoms with Gasteiger partial charge in [-0.3, -0.25) is 4.79 Å². The molecule has 0 aliphatic carbocycles. The van der Waals surface area contributed by atoms with Crippen LogP contribution in [-0.4, -0.2) is 55.0 Å². The number of urea groups is 1. The van der Waals surface area contributed by atoms with Crippen molar-refractivity contribution in [3.8, 4) is 5.75 Å². The topological polar surface area (TPSA) is 61.9 Å². The van der Waals surface area contributed by atoms with E-state index in [9.17, 15) is 18.4 Å². The van der Waals surface area contributed by atoms with Crippen LogP contribution in [0.25, 0.3) is 0 Å². The number of nitrogens with zero attached hydrogens (tertiary/aromatic N) is 2. The molecule has 0 aromatic heterocycles. The Hall–Kier alpha value is -3.16. The van der Waals surface area contributed by atoms with Gasteiger partial charge in [-0.1, -0.05) is 18.2 Å². The van der Waals surface area contributed by atoms with Gasteiger partial charge in [0.25, 0.3) is 0 Å². The van der Waals surface area contributed by atoms with E-state index in [4.69, 9.17) is 4.74 Å². The number of carbonyl (C=O) groups is 2. The number of nitrogens with one attached hydrogen (secondary N) is 1. The molecule has 0 radical (unpaired) electrons. The van der Waals surface area contributed by atoms with Crippen molar-refractivity contribution in [2.45, 2.75) is 6.42 Å². The number of anilines is 1. The maximum atomic E-state index is 13.7. The van der Waals surface area contributed by atoms with E-state index < -0.39 is 11.6 Å². The van der Waals surface area contributed by atoms with Gasteiger partial charge in [-0.15, -0.1) is 0 Å². The number of hydrogen-bond donors (Lipinski definition) is 1. The largest absolute Gasteiger partial charge is 0.494 e. The zero-order chi connectivity index (χ0) is 20.1. The van der Waals surface area contributed by atoms with Gasteiger partial charge in [-0.25, -0.2) is 13.6 Å². The molecule has 8 heteroatoms. The molecule has 3 rings (SSSR count). The molecule has 6 nitrogen and oxygen atoms in total. The molecular formula is C20H21F2N3O3. The lowest BCUT2D eigenvalue weighted by Crippen LogP contribution is -2.52. The Morgan fingerprint density at radius 1 is 1.00 bits per heavy atom. The van der Waals surface area contributed by atoms with Crippen LogP contribution in [0.3, 0.4) is 0 Å². The highest BCUT2D eigenvalue weighted by atomic mass is 19.1. The van der Waals surface area contributed by atoms with Gasteiger partial charge in [0.15, 0.2) is 11.6 Å². The van der Waals surface area contributed by atoms with Crippen molar-refractivity contribution >= 4 is 17.6 Å². The molecule has 0 bridgehead atoms. The third kappa shape index (κ3) is 4.57. The third-order valence-corrected chi connectivity index (χ3v) is 4.62. The van der Waals surface area contributed by atoms with Crippen LogP contribution in [0.2, 0.25) is 0 Å². The van der Waals surface area contributed by atoms with Crippen LogP contribution in [0.15, 0.2) is 42.5 Å². The van der Waals surface area contributed by atoms with E-state index in [1.807, 2.05) is 0 Å². The molecule has 1 heterocycles. The van der Waals surface area contributed by atoms with Crippen molar-refractivity contribution in [2.24, 2.45) is 0 Å². The van der Waals surface area contributed by atoms with Gasteiger partial charge < -0.3 is 19.9 Å². The standard InChI is InChI=1S/C20H21F2N3O3/c1-28-18-13-15(6-7-17(18)22)23-20(27)25-10-8-24(9-11-25)19(26)12-14-4-2-3-5-16(14)21/h2-7,13H,8-12H2,1H3,(H,23,27). The minimum absolute atomic E-state index is 0.00571. The number of rotatable bonds is 4. The minimum Gasteiger partial charge on any atom is -0.494 e. The Bertz CT molecular complexity index is 868. The first-order valence-corrected chi connectivity index (χ1v) is 8.88. The highest BCUT2D eigenvalue weighted by molar-refractivity contribution is 5.89. The number of hydrogen-bond acceptors (Lipinski definition) is 3. The fourth-order valence-corrected chi connectivity index (χ4v) is 3.02. The molecule has 1 aliphatic rings. The molecule has 28 heavy (non-hydrogen) atoms. The molecule has 0 spiro atoms. The Labute approximate surface area is 161 Å². The Morgan fingerprint density at radius 3 is 2.36 bits per heavy atom. The lowest BCUT2D eigenvalue weighted by molar-refractivity contribution is -0.131. The molecule has 2 aromatic rings. The summed E-state index contributed by atoms with van der Waals surface area (Å²) < 4.78 is 32.1. The Balaban J connectivity index is 1.52. The number of piperazine rings is 1. The summed E-state index contributed by atoms with van der Waals surface area (Å²) in [5.41, 5.74) is 0.777. The van der Waals surface area contributed by atoms with Gasteiger partial charge in [-0.05, 0) is 23.8 Å². The predicted molar refractivity (Wildman–Crippen MR) is 100 cm³/mol. The normalized spacial score (nSPS) is 14.0. The first-order chi connectivity index (χ1) is 13.5. The molecule has 1 N–H and O–H groups in total. The van der Waals surface area contributed by atoms with E-state index in [1.165, 1.54) is 31.4 Å². The second kappa shape index (κ2) is 8.69. The van der Waals surface area contributed by atoms with Crippen LogP contribution >= 0.6 is 0 Å².